The topological polar surface area (TPSA) is 29.5 Å². The lowest BCUT2D eigenvalue weighted by atomic mass is 10.5. The third-order valence-electron chi connectivity index (χ3n) is 1.61. The highest BCUT2D eigenvalue weighted by atomic mass is 32.2. The maximum Gasteiger partial charge on any atom is 0.410 e. The summed E-state index contributed by atoms with van der Waals surface area (Å²) in [5.74, 6) is 2.07. The standard InChI is InChI=1S/C8H15NO2S/c1-7(2)11-8(10)9-3-5-12-6-4-9/h7H,3-6H2,1-2H3. The molecule has 0 bridgehead atoms. The van der Waals surface area contributed by atoms with Crippen molar-refractivity contribution in [1.82, 2.24) is 4.90 Å². The van der Waals surface area contributed by atoms with Crippen LogP contribution in [-0.4, -0.2) is 41.7 Å². The Bertz CT molecular complexity index is 155. The van der Waals surface area contributed by atoms with E-state index in [0.717, 1.165) is 24.6 Å². The normalized spacial score (nSPS) is 18.1. The zero-order valence-corrected chi connectivity index (χ0v) is 8.39. The summed E-state index contributed by atoms with van der Waals surface area (Å²) in [7, 11) is 0. The molecule has 1 amide bonds. The average molecular weight is 189 g/mol. The molecule has 0 spiro atoms. The molecule has 0 N–H and O–H groups in total. The monoisotopic (exact) mass is 189 g/mol. The van der Waals surface area contributed by atoms with Crippen LogP contribution in [0.15, 0.2) is 0 Å². The molecule has 3 nitrogen and oxygen atoms in total. The molecule has 0 aromatic carbocycles. The summed E-state index contributed by atoms with van der Waals surface area (Å²) in [6.45, 7) is 5.40. The van der Waals surface area contributed by atoms with Gasteiger partial charge in [0.15, 0.2) is 0 Å². The van der Waals surface area contributed by atoms with Crippen LogP contribution >= 0.6 is 11.8 Å². The number of thioether (sulfide) groups is 1. The van der Waals surface area contributed by atoms with Crippen LogP contribution in [0.2, 0.25) is 0 Å². The molecule has 4 heteroatoms. The Balaban J connectivity index is 2.30. The minimum Gasteiger partial charge on any atom is -0.447 e. The van der Waals surface area contributed by atoms with Crippen molar-refractivity contribution in [3.05, 3.63) is 0 Å². The van der Waals surface area contributed by atoms with E-state index >= 15 is 0 Å². The molecular weight excluding hydrogens is 174 g/mol. The molecule has 1 fully saturated rings. The van der Waals surface area contributed by atoms with E-state index < -0.39 is 0 Å². The summed E-state index contributed by atoms with van der Waals surface area (Å²) in [5.41, 5.74) is 0. The van der Waals surface area contributed by atoms with Crippen molar-refractivity contribution in [2.24, 2.45) is 0 Å². The van der Waals surface area contributed by atoms with Crippen LogP contribution in [0.25, 0.3) is 0 Å². The molecule has 1 heterocycles. The maximum atomic E-state index is 11.3. The molecule has 0 aromatic rings. The van der Waals surface area contributed by atoms with Crippen LogP contribution in [-0.2, 0) is 4.74 Å². The Kier molecular flexibility index (Phi) is 3.72. The predicted octanol–water partition coefficient (Wildman–Crippen LogP) is 1.58. The fraction of sp³-hybridized carbons (Fsp3) is 0.875. The van der Waals surface area contributed by atoms with Crippen LogP contribution in [0.3, 0.4) is 0 Å². The summed E-state index contributed by atoms with van der Waals surface area (Å²) in [6.07, 6.45) is -0.169. The van der Waals surface area contributed by atoms with E-state index in [1.165, 1.54) is 0 Å². The molecular formula is C8H15NO2S. The fourth-order valence-corrected chi connectivity index (χ4v) is 1.93. The number of hydrogen-bond donors (Lipinski definition) is 0. The maximum absolute atomic E-state index is 11.3. The lowest BCUT2D eigenvalue weighted by Crippen LogP contribution is -2.39. The van der Waals surface area contributed by atoms with E-state index in [1.54, 1.807) is 4.90 Å². The van der Waals surface area contributed by atoms with E-state index in [0.29, 0.717) is 0 Å². The minimum atomic E-state index is -0.162. The van der Waals surface area contributed by atoms with Gasteiger partial charge < -0.3 is 9.64 Å². The first-order chi connectivity index (χ1) is 5.70. The Morgan fingerprint density at radius 2 is 2.00 bits per heavy atom. The van der Waals surface area contributed by atoms with Crippen molar-refractivity contribution < 1.29 is 9.53 Å². The molecule has 12 heavy (non-hydrogen) atoms. The van der Waals surface area contributed by atoms with Crippen LogP contribution in [0.5, 0.6) is 0 Å². The average Bonchev–Trinajstić information content (AvgIpc) is 2.05. The van der Waals surface area contributed by atoms with Crippen molar-refractivity contribution >= 4 is 17.9 Å². The second kappa shape index (κ2) is 4.60. The van der Waals surface area contributed by atoms with Gasteiger partial charge in [0.25, 0.3) is 0 Å². The quantitative estimate of drug-likeness (QED) is 0.627. The van der Waals surface area contributed by atoms with Gasteiger partial charge in [0.05, 0.1) is 6.10 Å². The third-order valence-corrected chi connectivity index (χ3v) is 2.55. The number of rotatable bonds is 1. The first kappa shape index (κ1) is 9.71. The summed E-state index contributed by atoms with van der Waals surface area (Å²) in [4.78, 5) is 13.1. The molecule has 1 aliphatic rings. The molecule has 1 aliphatic heterocycles. The van der Waals surface area contributed by atoms with Crippen LogP contribution in [0, 0.1) is 0 Å². The Labute approximate surface area is 77.4 Å². The summed E-state index contributed by atoms with van der Waals surface area (Å²) >= 11 is 1.89. The number of hydrogen-bond acceptors (Lipinski definition) is 3. The molecule has 0 radical (unpaired) electrons. The summed E-state index contributed by atoms with van der Waals surface area (Å²) in [5, 5.41) is 0. The first-order valence-corrected chi connectivity index (χ1v) is 5.39. The molecule has 0 atom stereocenters. The van der Waals surface area contributed by atoms with Gasteiger partial charge in [-0.2, -0.15) is 11.8 Å². The van der Waals surface area contributed by atoms with Crippen LogP contribution < -0.4 is 0 Å². The molecule has 0 unspecified atom stereocenters. The van der Waals surface area contributed by atoms with Gasteiger partial charge >= 0.3 is 6.09 Å². The highest BCUT2D eigenvalue weighted by Gasteiger charge is 2.18. The van der Waals surface area contributed by atoms with Gasteiger partial charge in [-0.3, -0.25) is 0 Å². The second-order valence-corrected chi connectivity index (χ2v) is 4.26. The fourth-order valence-electron chi connectivity index (χ4n) is 1.02. The van der Waals surface area contributed by atoms with E-state index in [4.69, 9.17) is 4.74 Å². The highest BCUT2D eigenvalue weighted by Crippen LogP contribution is 2.10. The Morgan fingerprint density at radius 1 is 1.42 bits per heavy atom. The van der Waals surface area contributed by atoms with Gasteiger partial charge in [-0.1, -0.05) is 0 Å². The largest absolute Gasteiger partial charge is 0.447 e. The number of carbonyl (C=O) groups is 1. The van der Waals surface area contributed by atoms with Crippen molar-refractivity contribution in [2.45, 2.75) is 20.0 Å². The van der Waals surface area contributed by atoms with E-state index in [9.17, 15) is 4.79 Å². The van der Waals surface area contributed by atoms with Crippen molar-refractivity contribution in [3.8, 4) is 0 Å². The van der Waals surface area contributed by atoms with Gasteiger partial charge in [0.1, 0.15) is 0 Å². The Morgan fingerprint density at radius 3 is 2.50 bits per heavy atom. The minimum absolute atomic E-state index is 0.00733. The zero-order chi connectivity index (χ0) is 8.97. The van der Waals surface area contributed by atoms with E-state index in [2.05, 4.69) is 0 Å². The number of ether oxygens (including phenoxy) is 1. The van der Waals surface area contributed by atoms with Gasteiger partial charge in [-0.25, -0.2) is 4.79 Å². The molecule has 0 aromatic heterocycles. The summed E-state index contributed by atoms with van der Waals surface area (Å²) < 4.78 is 5.07. The van der Waals surface area contributed by atoms with E-state index in [1.807, 2.05) is 25.6 Å². The van der Waals surface area contributed by atoms with E-state index in [-0.39, 0.29) is 12.2 Å². The summed E-state index contributed by atoms with van der Waals surface area (Å²) in [6, 6.07) is 0. The van der Waals surface area contributed by atoms with Crippen LogP contribution in [0.4, 0.5) is 4.79 Å². The predicted molar refractivity (Wildman–Crippen MR) is 50.5 cm³/mol. The number of amides is 1. The van der Waals surface area contributed by atoms with Crippen molar-refractivity contribution in [2.75, 3.05) is 24.6 Å². The van der Waals surface area contributed by atoms with Gasteiger partial charge in [0, 0.05) is 24.6 Å². The number of carbonyl (C=O) groups excluding carboxylic acids is 1. The SMILES string of the molecule is CC(C)OC(=O)N1CCSCC1. The highest BCUT2D eigenvalue weighted by molar-refractivity contribution is 7.99. The second-order valence-electron chi connectivity index (χ2n) is 3.03. The van der Waals surface area contributed by atoms with Gasteiger partial charge in [0.2, 0.25) is 0 Å². The molecule has 1 rings (SSSR count). The van der Waals surface area contributed by atoms with Gasteiger partial charge in [-0.05, 0) is 13.8 Å². The van der Waals surface area contributed by atoms with Gasteiger partial charge in [-0.15, -0.1) is 0 Å². The van der Waals surface area contributed by atoms with Crippen molar-refractivity contribution in [1.29, 1.82) is 0 Å². The lowest BCUT2D eigenvalue weighted by molar-refractivity contribution is 0.0798. The Hall–Kier alpha value is -0.380. The van der Waals surface area contributed by atoms with Crippen molar-refractivity contribution in [3.63, 3.8) is 0 Å². The third kappa shape index (κ3) is 2.93. The zero-order valence-electron chi connectivity index (χ0n) is 7.58. The van der Waals surface area contributed by atoms with Crippen LogP contribution in [0.1, 0.15) is 13.8 Å². The molecule has 0 saturated carbocycles. The smallest absolute Gasteiger partial charge is 0.410 e. The first-order valence-electron chi connectivity index (χ1n) is 4.23. The lowest BCUT2D eigenvalue weighted by Gasteiger charge is -2.26. The number of nitrogens with zero attached hydrogens (tertiary/aromatic N) is 1. The molecule has 70 valence electrons. The molecule has 1 saturated heterocycles. The molecule has 0 aliphatic carbocycles.